The summed E-state index contributed by atoms with van der Waals surface area (Å²) in [6, 6.07) is 13.2. The number of aryl methyl sites for hydroxylation is 1. The topological polar surface area (TPSA) is 43.6 Å². The molecule has 0 atom stereocenters. The summed E-state index contributed by atoms with van der Waals surface area (Å²) in [7, 11) is 1.65. The van der Waals surface area contributed by atoms with Gasteiger partial charge in [0.1, 0.15) is 5.75 Å². The van der Waals surface area contributed by atoms with Crippen molar-refractivity contribution >= 4 is 55.2 Å². The molecule has 0 radical (unpaired) electrons. The number of aromatic nitrogens is 1. The molecule has 130 valence electrons. The van der Waals surface area contributed by atoms with Crippen LogP contribution in [0, 0.1) is 0 Å². The van der Waals surface area contributed by atoms with Gasteiger partial charge in [0.05, 0.1) is 17.3 Å². The Labute approximate surface area is 162 Å². The van der Waals surface area contributed by atoms with Crippen molar-refractivity contribution in [2.24, 2.45) is 4.99 Å². The molecule has 0 saturated heterocycles. The quantitative estimate of drug-likeness (QED) is 0.587. The van der Waals surface area contributed by atoms with E-state index in [4.69, 9.17) is 4.74 Å². The largest absolute Gasteiger partial charge is 0.497 e. The molecule has 0 N–H and O–H groups in total. The lowest BCUT2D eigenvalue weighted by molar-refractivity contribution is 0.0998. The van der Waals surface area contributed by atoms with Crippen molar-refractivity contribution in [3.63, 3.8) is 0 Å². The number of rotatable bonds is 5. The molecule has 25 heavy (non-hydrogen) atoms. The molecule has 0 aliphatic carbocycles. The first kappa shape index (κ1) is 18.2. The van der Waals surface area contributed by atoms with Gasteiger partial charge < -0.3 is 9.30 Å². The van der Waals surface area contributed by atoms with Crippen LogP contribution in [0.5, 0.6) is 5.75 Å². The zero-order valence-electron chi connectivity index (χ0n) is 13.9. The van der Waals surface area contributed by atoms with Crippen LogP contribution in [-0.2, 0) is 6.54 Å². The molecule has 0 aliphatic heterocycles. The Morgan fingerprint density at radius 3 is 2.72 bits per heavy atom. The summed E-state index contributed by atoms with van der Waals surface area (Å²) in [6.07, 6.45) is 2.07. The summed E-state index contributed by atoms with van der Waals surface area (Å²) in [4.78, 5) is 17.6. The molecular formula is C18H17BrN2O2S2. The van der Waals surface area contributed by atoms with E-state index in [0.29, 0.717) is 10.4 Å². The van der Waals surface area contributed by atoms with Gasteiger partial charge in [0.2, 0.25) is 0 Å². The van der Waals surface area contributed by atoms with Crippen LogP contribution in [0.3, 0.4) is 0 Å². The number of benzene rings is 2. The maximum atomic E-state index is 12.5. The van der Waals surface area contributed by atoms with Crippen molar-refractivity contribution in [2.75, 3.05) is 19.1 Å². The number of halogens is 1. The molecule has 0 unspecified atom stereocenters. The van der Waals surface area contributed by atoms with Crippen molar-refractivity contribution in [1.82, 2.24) is 4.57 Å². The van der Waals surface area contributed by atoms with E-state index in [9.17, 15) is 4.79 Å². The minimum absolute atomic E-state index is 0.232. The SMILES string of the molecule is COc1ccc2c(c1)sc(=NC(=O)c1ccc(Br)cc1)n2CCSC. The highest BCUT2D eigenvalue weighted by molar-refractivity contribution is 9.10. The number of methoxy groups -OCH3 is 1. The zero-order valence-corrected chi connectivity index (χ0v) is 17.1. The van der Waals surface area contributed by atoms with Crippen molar-refractivity contribution in [3.05, 3.63) is 57.3 Å². The van der Waals surface area contributed by atoms with Crippen LogP contribution in [0.4, 0.5) is 0 Å². The van der Waals surface area contributed by atoms with Crippen LogP contribution in [0.1, 0.15) is 10.4 Å². The van der Waals surface area contributed by atoms with E-state index in [1.165, 1.54) is 11.3 Å². The van der Waals surface area contributed by atoms with E-state index in [1.54, 1.807) is 31.0 Å². The summed E-state index contributed by atoms with van der Waals surface area (Å²) in [6.45, 7) is 0.806. The molecule has 7 heteroatoms. The standard InChI is InChI=1S/C18H17BrN2O2S2/c1-23-14-7-8-15-16(11-14)25-18(21(15)9-10-24-2)20-17(22)12-3-5-13(19)6-4-12/h3-8,11H,9-10H2,1-2H3. The molecule has 0 saturated carbocycles. The first-order valence-corrected chi connectivity index (χ1v) is 10.6. The fourth-order valence-corrected chi connectivity index (χ4v) is 4.12. The Bertz CT molecular complexity index is 961. The number of hydrogen-bond acceptors (Lipinski definition) is 4. The highest BCUT2D eigenvalue weighted by atomic mass is 79.9. The van der Waals surface area contributed by atoms with Crippen molar-refractivity contribution in [1.29, 1.82) is 0 Å². The van der Waals surface area contributed by atoms with Crippen LogP contribution in [0.25, 0.3) is 10.2 Å². The number of carbonyl (C=O) groups excluding carboxylic acids is 1. The third-order valence-electron chi connectivity index (χ3n) is 3.70. The summed E-state index contributed by atoms with van der Waals surface area (Å²) >= 11 is 6.66. The highest BCUT2D eigenvalue weighted by Crippen LogP contribution is 2.23. The van der Waals surface area contributed by atoms with E-state index < -0.39 is 0 Å². The molecule has 3 aromatic rings. The van der Waals surface area contributed by atoms with E-state index in [0.717, 1.165) is 32.7 Å². The van der Waals surface area contributed by atoms with Crippen LogP contribution in [0.15, 0.2) is 51.9 Å². The highest BCUT2D eigenvalue weighted by Gasteiger charge is 2.10. The maximum Gasteiger partial charge on any atom is 0.279 e. The van der Waals surface area contributed by atoms with Gasteiger partial charge in [-0.25, -0.2) is 0 Å². The molecule has 1 heterocycles. The number of amides is 1. The molecular weight excluding hydrogens is 420 g/mol. The summed E-state index contributed by atoms with van der Waals surface area (Å²) in [5.41, 5.74) is 1.65. The van der Waals surface area contributed by atoms with Gasteiger partial charge >= 0.3 is 0 Å². The lowest BCUT2D eigenvalue weighted by Crippen LogP contribution is -2.18. The molecule has 0 bridgehead atoms. The number of hydrogen-bond donors (Lipinski definition) is 0. The van der Waals surface area contributed by atoms with Gasteiger partial charge in [0, 0.05) is 22.3 Å². The third kappa shape index (κ3) is 4.16. The van der Waals surface area contributed by atoms with Gasteiger partial charge in [-0.3, -0.25) is 4.79 Å². The second-order valence-corrected chi connectivity index (χ2v) is 8.20. The summed E-state index contributed by atoms with van der Waals surface area (Å²) < 4.78 is 9.41. The average molecular weight is 437 g/mol. The van der Waals surface area contributed by atoms with E-state index in [2.05, 4.69) is 31.7 Å². The predicted molar refractivity (Wildman–Crippen MR) is 109 cm³/mol. The number of ether oxygens (including phenoxy) is 1. The number of thiazole rings is 1. The van der Waals surface area contributed by atoms with Gasteiger partial charge in [-0.05, 0) is 48.7 Å². The Hall–Kier alpha value is -1.57. The molecule has 0 spiro atoms. The average Bonchev–Trinajstić information content (AvgIpc) is 2.96. The second kappa shape index (κ2) is 8.21. The van der Waals surface area contributed by atoms with Gasteiger partial charge in [-0.2, -0.15) is 16.8 Å². The fourth-order valence-electron chi connectivity index (χ4n) is 2.41. The molecule has 0 fully saturated rings. The first-order chi connectivity index (χ1) is 12.1. The van der Waals surface area contributed by atoms with E-state index >= 15 is 0 Å². The molecule has 4 nitrogen and oxygen atoms in total. The van der Waals surface area contributed by atoms with Gasteiger partial charge in [0.15, 0.2) is 4.80 Å². The Balaban J connectivity index is 2.09. The maximum absolute atomic E-state index is 12.5. The second-order valence-electron chi connectivity index (χ2n) is 5.29. The van der Waals surface area contributed by atoms with E-state index in [-0.39, 0.29) is 5.91 Å². The molecule has 3 rings (SSSR count). The zero-order chi connectivity index (χ0) is 17.8. The minimum Gasteiger partial charge on any atom is -0.497 e. The van der Waals surface area contributed by atoms with E-state index in [1.807, 2.05) is 30.3 Å². The predicted octanol–water partition coefficient (Wildman–Crippen LogP) is 4.58. The van der Waals surface area contributed by atoms with Crippen molar-refractivity contribution < 1.29 is 9.53 Å². The Morgan fingerprint density at radius 2 is 2.04 bits per heavy atom. The van der Waals surface area contributed by atoms with Crippen LogP contribution in [0.2, 0.25) is 0 Å². The van der Waals surface area contributed by atoms with Crippen molar-refractivity contribution in [3.8, 4) is 5.75 Å². The molecule has 1 amide bonds. The minimum atomic E-state index is -0.232. The van der Waals surface area contributed by atoms with Crippen LogP contribution >= 0.6 is 39.0 Å². The molecule has 0 aliphatic rings. The fraction of sp³-hybridized carbons (Fsp3) is 0.222. The third-order valence-corrected chi connectivity index (χ3v) is 5.86. The van der Waals surface area contributed by atoms with Gasteiger partial charge in [0.25, 0.3) is 5.91 Å². The smallest absolute Gasteiger partial charge is 0.279 e. The Morgan fingerprint density at radius 1 is 1.28 bits per heavy atom. The number of thioether (sulfide) groups is 1. The molecule has 1 aromatic heterocycles. The number of nitrogens with zero attached hydrogens (tertiary/aromatic N) is 2. The van der Waals surface area contributed by atoms with Gasteiger partial charge in [-0.1, -0.05) is 27.3 Å². The first-order valence-electron chi connectivity index (χ1n) is 7.63. The lowest BCUT2D eigenvalue weighted by atomic mass is 10.2. The number of carbonyl (C=O) groups is 1. The monoisotopic (exact) mass is 436 g/mol. The number of fused-ring (bicyclic) bond motifs is 1. The van der Waals surface area contributed by atoms with Crippen LogP contribution in [-0.4, -0.2) is 29.6 Å². The normalized spacial score (nSPS) is 11.9. The van der Waals surface area contributed by atoms with Crippen LogP contribution < -0.4 is 9.54 Å². The van der Waals surface area contributed by atoms with Gasteiger partial charge in [-0.15, -0.1) is 0 Å². The lowest BCUT2D eigenvalue weighted by Gasteiger charge is -2.04. The van der Waals surface area contributed by atoms with Crippen molar-refractivity contribution in [2.45, 2.75) is 6.54 Å². The Kier molecular flexibility index (Phi) is 5.98. The summed E-state index contributed by atoms with van der Waals surface area (Å²) in [5, 5.41) is 0. The summed E-state index contributed by atoms with van der Waals surface area (Å²) in [5.74, 6) is 1.53. The molecule has 2 aromatic carbocycles.